The Kier molecular flexibility index (Phi) is 5.94. The highest BCUT2D eigenvalue weighted by atomic mass is 19.3. The molecule has 20 heavy (non-hydrogen) atoms. The number of hydrogen-bond acceptors (Lipinski definition) is 3. The normalized spacial score (nSPS) is 18.0. The summed E-state index contributed by atoms with van der Waals surface area (Å²) in [7, 11) is 0. The fourth-order valence-electron chi connectivity index (χ4n) is 2.56. The van der Waals surface area contributed by atoms with Gasteiger partial charge in [-0.3, -0.25) is 4.57 Å². The summed E-state index contributed by atoms with van der Waals surface area (Å²) in [5, 5.41) is 12.6. The number of aromatic nitrogens is 1. The molecule has 1 aliphatic heterocycles. The molecule has 0 spiro atoms. The summed E-state index contributed by atoms with van der Waals surface area (Å²) in [5.41, 5.74) is 0.612. The van der Waals surface area contributed by atoms with E-state index in [1.165, 1.54) is 6.20 Å². The second-order valence-electron chi connectivity index (χ2n) is 5.29. The molecule has 0 bridgehead atoms. The van der Waals surface area contributed by atoms with E-state index < -0.39 is 6.55 Å². The zero-order valence-corrected chi connectivity index (χ0v) is 11.6. The van der Waals surface area contributed by atoms with Gasteiger partial charge in [-0.15, -0.1) is 0 Å². The Bertz CT molecular complexity index is 390. The van der Waals surface area contributed by atoms with Crippen LogP contribution in [0.3, 0.4) is 0 Å². The lowest BCUT2D eigenvalue weighted by Gasteiger charge is -2.29. The summed E-state index contributed by atoms with van der Waals surface area (Å²) in [5.74, 6) is 0. The maximum absolute atomic E-state index is 12.6. The Hall–Kier alpha value is -0.980. The van der Waals surface area contributed by atoms with Crippen LogP contribution in [0.5, 0.6) is 0 Å². The van der Waals surface area contributed by atoms with Crippen LogP contribution in [0.4, 0.5) is 8.78 Å². The third-order valence-corrected chi connectivity index (χ3v) is 3.77. The number of hydrogen-bond donors (Lipinski definition) is 2. The predicted molar refractivity (Wildman–Crippen MR) is 73.7 cm³/mol. The largest absolute Gasteiger partial charge is 0.393 e. The first-order valence-corrected chi connectivity index (χ1v) is 7.22. The second-order valence-corrected chi connectivity index (χ2v) is 5.29. The molecule has 4 nitrogen and oxygen atoms in total. The maximum Gasteiger partial charge on any atom is 0.318 e. The number of alkyl halides is 2. The van der Waals surface area contributed by atoms with Crippen LogP contribution in [-0.2, 0) is 6.54 Å². The van der Waals surface area contributed by atoms with E-state index in [-0.39, 0.29) is 6.10 Å². The third kappa shape index (κ3) is 4.54. The van der Waals surface area contributed by atoms with Crippen molar-refractivity contribution in [2.24, 2.45) is 0 Å². The molecule has 1 aromatic rings. The van der Waals surface area contributed by atoms with Crippen molar-refractivity contribution in [1.82, 2.24) is 14.8 Å². The Balaban J connectivity index is 1.58. The summed E-state index contributed by atoms with van der Waals surface area (Å²) in [4.78, 5) is 2.34. The van der Waals surface area contributed by atoms with Crippen LogP contribution in [0.25, 0.3) is 0 Å². The van der Waals surface area contributed by atoms with Gasteiger partial charge < -0.3 is 15.3 Å². The molecule has 0 aliphatic carbocycles. The molecule has 2 N–H and O–H groups in total. The zero-order valence-electron chi connectivity index (χ0n) is 11.6. The highest BCUT2D eigenvalue weighted by Gasteiger charge is 2.16. The van der Waals surface area contributed by atoms with Gasteiger partial charge in [0.15, 0.2) is 0 Å². The van der Waals surface area contributed by atoms with Crippen molar-refractivity contribution < 1.29 is 13.9 Å². The fourth-order valence-corrected chi connectivity index (χ4v) is 2.56. The molecule has 0 saturated carbocycles. The van der Waals surface area contributed by atoms with Gasteiger partial charge in [0.05, 0.1) is 6.10 Å². The van der Waals surface area contributed by atoms with E-state index in [4.69, 9.17) is 0 Å². The van der Waals surface area contributed by atoms with Crippen molar-refractivity contribution in [1.29, 1.82) is 0 Å². The van der Waals surface area contributed by atoms with Gasteiger partial charge in [0.1, 0.15) is 0 Å². The number of aliphatic hydroxyl groups excluding tert-OH is 1. The monoisotopic (exact) mass is 287 g/mol. The second kappa shape index (κ2) is 7.71. The minimum atomic E-state index is -2.47. The number of nitrogens with zero attached hydrogens (tertiary/aromatic N) is 2. The number of nitrogens with one attached hydrogen (secondary N) is 1. The van der Waals surface area contributed by atoms with Crippen molar-refractivity contribution in [3.8, 4) is 0 Å². The van der Waals surface area contributed by atoms with E-state index in [0.29, 0.717) is 12.2 Å². The summed E-state index contributed by atoms with van der Waals surface area (Å²) >= 11 is 0. The Morgan fingerprint density at radius 3 is 2.80 bits per heavy atom. The Labute approximate surface area is 118 Å². The van der Waals surface area contributed by atoms with Gasteiger partial charge in [-0.05, 0) is 44.5 Å². The summed E-state index contributed by atoms with van der Waals surface area (Å²) in [6.45, 7) is 1.71. The van der Waals surface area contributed by atoms with Crippen LogP contribution < -0.4 is 5.32 Å². The number of halogens is 2. The first-order valence-electron chi connectivity index (χ1n) is 7.22. The Morgan fingerprint density at radius 1 is 1.35 bits per heavy atom. The van der Waals surface area contributed by atoms with Crippen LogP contribution in [0.15, 0.2) is 18.3 Å². The lowest BCUT2D eigenvalue weighted by molar-refractivity contribution is 0.0673. The Morgan fingerprint density at radius 2 is 2.10 bits per heavy atom. The topological polar surface area (TPSA) is 40.4 Å². The number of rotatable bonds is 7. The predicted octanol–water partition coefficient (Wildman–Crippen LogP) is 1.82. The molecular formula is C14H23F2N3O. The lowest BCUT2D eigenvalue weighted by atomic mass is 10.1. The third-order valence-electron chi connectivity index (χ3n) is 3.77. The first-order chi connectivity index (χ1) is 9.66. The van der Waals surface area contributed by atoms with Gasteiger partial charge in [-0.2, -0.15) is 8.78 Å². The molecule has 0 atom stereocenters. The van der Waals surface area contributed by atoms with Gasteiger partial charge in [-0.1, -0.05) is 0 Å². The number of likely N-dealkylation sites (tertiary alicyclic amines) is 1. The molecule has 2 rings (SSSR count). The van der Waals surface area contributed by atoms with Crippen molar-refractivity contribution in [2.45, 2.75) is 38.5 Å². The summed E-state index contributed by atoms with van der Waals surface area (Å²) < 4.78 is 26.2. The van der Waals surface area contributed by atoms with Crippen molar-refractivity contribution >= 4 is 0 Å². The van der Waals surface area contributed by atoms with Crippen LogP contribution in [0.2, 0.25) is 0 Å². The standard InChI is InChI=1S/C14H23F2N3O/c15-14(16)19-8-1-3-12(19)11-17-6-2-7-18-9-4-13(20)5-10-18/h1,3,8,13-14,17,20H,2,4-7,9-11H2. The van der Waals surface area contributed by atoms with Crippen molar-refractivity contribution in [3.05, 3.63) is 24.0 Å². The molecule has 2 heterocycles. The molecule has 0 amide bonds. The highest BCUT2D eigenvalue weighted by molar-refractivity contribution is 5.07. The molecule has 0 aromatic carbocycles. The average molecular weight is 287 g/mol. The van der Waals surface area contributed by atoms with E-state index in [1.54, 1.807) is 12.1 Å². The molecule has 1 fully saturated rings. The van der Waals surface area contributed by atoms with E-state index in [0.717, 1.165) is 50.0 Å². The zero-order chi connectivity index (χ0) is 14.4. The summed E-state index contributed by atoms with van der Waals surface area (Å²) in [6, 6.07) is 3.35. The van der Waals surface area contributed by atoms with Crippen LogP contribution in [-0.4, -0.2) is 46.9 Å². The minimum absolute atomic E-state index is 0.133. The molecule has 114 valence electrons. The molecule has 1 aliphatic rings. The fraction of sp³-hybridized carbons (Fsp3) is 0.714. The van der Waals surface area contributed by atoms with Gasteiger partial charge in [-0.25, -0.2) is 0 Å². The maximum atomic E-state index is 12.6. The summed E-state index contributed by atoms with van der Waals surface area (Å²) in [6.07, 6.45) is 3.98. The minimum Gasteiger partial charge on any atom is -0.393 e. The van der Waals surface area contributed by atoms with Crippen LogP contribution >= 0.6 is 0 Å². The molecular weight excluding hydrogens is 264 g/mol. The molecule has 6 heteroatoms. The van der Waals surface area contributed by atoms with E-state index in [9.17, 15) is 13.9 Å². The molecule has 1 aromatic heterocycles. The van der Waals surface area contributed by atoms with Gasteiger partial charge in [0, 0.05) is 31.5 Å². The smallest absolute Gasteiger partial charge is 0.318 e. The number of piperidine rings is 1. The van der Waals surface area contributed by atoms with Crippen LogP contribution in [0.1, 0.15) is 31.5 Å². The van der Waals surface area contributed by atoms with Crippen molar-refractivity contribution in [3.63, 3.8) is 0 Å². The quantitative estimate of drug-likeness (QED) is 0.752. The first kappa shape index (κ1) is 15.4. The molecule has 0 unspecified atom stereocenters. The molecule has 1 saturated heterocycles. The SMILES string of the molecule is OC1CCN(CCCNCc2cccn2C(F)F)CC1. The van der Waals surface area contributed by atoms with Gasteiger partial charge in [0.2, 0.25) is 0 Å². The average Bonchev–Trinajstić information content (AvgIpc) is 2.89. The van der Waals surface area contributed by atoms with E-state index in [2.05, 4.69) is 10.2 Å². The highest BCUT2D eigenvalue weighted by Crippen LogP contribution is 2.14. The molecule has 0 radical (unpaired) electrons. The van der Waals surface area contributed by atoms with Crippen molar-refractivity contribution in [2.75, 3.05) is 26.2 Å². The van der Waals surface area contributed by atoms with Crippen LogP contribution in [0, 0.1) is 0 Å². The van der Waals surface area contributed by atoms with E-state index in [1.807, 2.05) is 0 Å². The van der Waals surface area contributed by atoms with Gasteiger partial charge in [0.25, 0.3) is 0 Å². The van der Waals surface area contributed by atoms with E-state index >= 15 is 0 Å². The number of aliphatic hydroxyl groups is 1. The lowest BCUT2D eigenvalue weighted by Crippen LogP contribution is -2.37. The van der Waals surface area contributed by atoms with Gasteiger partial charge >= 0.3 is 6.55 Å².